The van der Waals surface area contributed by atoms with Gasteiger partial charge in [-0.1, -0.05) is 19.9 Å². The summed E-state index contributed by atoms with van der Waals surface area (Å²) in [5.41, 5.74) is 0.409. The Morgan fingerprint density at radius 2 is 1.45 bits per heavy atom. The molecule has 13 nitrogen and oxygen atoms in total. The van der Waals surface area contributed by atoms with Crippen molar-refractivity contribution >= 4 is 29.1 Å². The molecule has 2 heterocycles. The van der Waals surface area contributed by atoms with Crippen molar-refractivity contribution in [1.29, 1.82) is 0 Å². The molecule has 5 rings (SSSR count). The molecule has 3 N–H and O–H groups in total. The number of nitrogens with one attached hydrogen (secondary N) is 1. The highest BCUT2D eigenvalue weighted by Crippen LogP contribution is 2.57. The summed E-state index contributed by atoms with van der Waals surface area (Å²) in [5.74, 6) is -0.693. The molecule has 1 spiro atoms. The lowest BCUT2D eigenvalue weighted by atomic mass is 9.77. The van der Waals surface area contributed by atoms with Gasteiger partial charge in [0.25, 0.3) is 5.91 Å². The van der Waals surface area contributed by atoms with E-state index in [9.17, 15) is 19.8 Å². The van der Waals surface area contributed by atoms with Gasteiger partial charge in [-0.2, -0.15) is 0 Å². The maximum Gasteiger partial charge on any atom is 0.340 e. The van der Waals surface area contributed by atoms with Crippen LogP contribution < -0.4 is 10.1 Å². The minimum atomic E-state index is -1.71. The number of rotatable bonds is 16. The normalized spacial score (nSPS) is 16.0. The van der Waals surface area contributed by atoms with E-state index in [-0.39, 0.29) is 47.3 Å². The fraction of sp³-hybridized carbons (Fsp3) is 0.375. The Kier molecular flexibility index (Phi) is 11.7. The van der Waals surface area contributed by atoms with Gasteiger partial charge in [-0.25, -0.2) is 4.79 Å². The number of hydrogen-bond donors (Lipinski definition) is 3. The van der Waals surface area contributed by atoms with Crippen LogP contribution in [-0.4, -0.2) is 68.8 Å². The standard InChI is InChI=1S/C32H37NO12P2/c1-5-13-40-46(38-3)42-19-23(45-47(39-4)41-14-6-2)18-33-30(36)20-7-10-25-24(15-20)31(37)44-32(25)26-11-8-21(34)16-28(26)43-29-17-22(35)9-12-27(29)32/h7-12,15-17,23,34-35H,5-6,13-14,18-19H2,1-4H3,(H,33,36). The number of phenols is 2. The molecular weight excluding hydrogens is 652 g/mol. The molecule has 0 aromatic heterocycles. The molecule has 0 aliphatic carbocycles. The fourth-order valence-electron chi connectivity index (χ4n) is 5.15. The summed E-state index contributed by atoms with van der Waals surface area (Å²) < 4.78 is 45.8. The second-order valence-electron chi connectivity index (χ2n) is 10.5. The van der Waals surface area contributed by atoms with Crippen molar-refractivity contribution in [2.75, 3.05) is 40.6 Å². The van der Waals surface area contributed by atoms with Gasteiger partial charge in [-0.05, 0) is 49.2 Å². The van der Waals surface area contributed by atoms with Gasteiger partial charge in [0.15, 0.2) is 5.60 Å². The summed E-state index contributed by atoms with van der Waals surface area (Å²) in [7, 11) is -0.372. The molecule has 3 aromatic carbocycles. The first-order valence-electron chi connectivity index (χ1n) is 15.0. The quantitative estimate of drug-likeness (QED) is 0.112. The van der Waals surface area contributed by atoms with Crippen LogP contribution in [-0.2, 0) is 37.5 Å². The molecule has 0 saturated heterocycles. The van der Waals surface area contributed by atoms with Gasteiger partial charge >= 0.3 is 23.2 Å². The van der Waals surface area contributed by atoms with Crippen LogP contribution in [0.1, 0.15) is 64.1 Å². The van der Waals surface area contributed by atoms with Gasteiger partial charge in [0, 0.05) is 55.2 Å². The zero-order valence-corrected chi connectivity index (χ0v) is 28.2. The number of carbonyl (C=O) groups is 2. The molecule has 0 radical (unpaired) electrons. The van der Waals surface area contributed by atoms with Crippen LogP contribution in [0.5, 0.6) is 23.0 Å². The van der Waals surface area contributed by atoms with E-state index in [1.165, 1.54) is 44.6 Å². The highest BCUT2D eigenvalue weighted by molar-refractivity contribution is 7.42. The number of phenolic OH excluding ortho intramolecular Hbond substituents is 2. The van der Waals surface area contributed by atoms with E-state index in [0.717, 1.165) is 12.8 Å². The van der Waals surface area contributed by atoms with Crippen LogP contribution in [0.3, 0.4) is 0 Å². The van der Waals surface area contributed by atoms with Crippen molar-refractivity contribution in [2.24, 2.45) is 0 Å². The topological polar surface area (TPSA) is 160 Å². The number of hydrogen-bond acceptors (Lipinski definition) is 12. The molecule has 47 heavy (non-hydrogen) atoms. The van der Waals surface area contributed by atoms with Crippen molar-refractivity contribution in [3.05, 3.63) is 82.4 Å². The number of benzene rings is 3. The van der Waals surface area contributed by atoms with Crippen LogP contribution in [0.2, 0.25) is 0 Å². The molecule has 15 heteroatoms. The monoisotopic (exact) mass is 689 g/mol. The first-order valence-corrected chi connectivity index (χ1v) is 17.2. The van der Waals surface area contributed by atoms with Gasteiger partial charge < -0.3 is 52.1 Å². The van der Waals surface area contributed by atoms with Gasteiger partial charge in [-0.3, -0.25) is 4.79 Å². The Hall–Kier alpha value is -3.38. The second kappa shape index (κ2) is 15.7. The van der Waals surface area contributed by atoms with Gasteiger partial charge in [0.1, 0.15) is 29.1 Å². The Morgan fingerprint density at radius 1 is 0.851 bits per heavy atom. The average Bonchev–Trinajstić information content (AvgIpc) is 3.36. The minimum Gasteiger partial charge on any atom is -0.508 e. The molecule has 0 bridgehead atoms. The van der Waals surface area contributed by atoms with Crippen molar-refractivity contribution < 1.29 is 56.4 Å². The lowest BCUT2D eigenvalue weighted by molar-refractivity contribution is 0.0224. The molecule has 3 atom stereocenters. The van der Waals surface area contributed by atoms with Gasteiger partial charge in [-0.15, -0.1) is 0 Å². The van der Waals surface area contributed by atoms with Gasteiger partial charge in [0.05, 0.1) is 25.4 Å². The van der Waals surface area contributed by atoms with E-state index in [1.807, 2.05) is 13.8 Å². The van der Waals surface area contributed by atoms with Crippen LogP contribution in [0.25, 0.3) is 0 Å². The predicted octanol–water partition coefficient (Wildman–Crippen LogP) is 6.40. The van der Waals surface area contributed by atoms with Crippen LogP contribution >= 0.6 is 17.2 Å². The Labute approximate surface area is 275 Å². The molecule has 0 saturated carbocycles. The van der Waals surface area contributed by atoms with E-state index in [0.29, 0.717) is 29.9 Å². The molecule has 2 aliphatic heterocycles. The molecule has 1 amide bonds. The maximum absolute atomic E-state index is 13.4. The second-order valence-corrected chi connectivity index (χ2v) is 13.1. The zero-order valence-electron chi connectivity index (χ0n) is 26.4. The Balaban J connectivity index is 1.38. The minimum absolute atomic E-state index is 0.0201. The lowest BCUT2D eigenvalue weighted by Gasteiger charge is -2.36. The average molecular weight is 690 g/mol. The zero-order chi connectivity index (χ0) is 33.6. The summed E-state index contributed by atoms with van der Waals surface area (Å²) in [5, 5.41) is 23.1. The molecule has 3 unspecified atom stereocenters. The third-order valence-electron chi connectivity index (χ3n) is 7.23. The number of ether oxygens (including phenoxy) is 2. The predicted molar refractivity (Wildman–Crippen MR) is 172 cm³/mol. The van der Waals surface area contributed by atoms with E-state index < -0.39 is 40.8 Å². The Morgan fingerprint density at radius 3 is 2.04 bits per heavy atom. The third kappa shape index (κ3) is 7.53. The summed E-state index contributed by atoms with van der Waals surface area (Å²) in [6.45, 7) is 4.87. The summed E-state index contributed by atoms with van der Waals surface area (Å²) in [4.78, 5) is 26.9. The van der Waals surface area contributed by atoms with Crippen molar-refractivity contribution in [3.8, 4) is 23.0 Å². The van der Waals surface area contributed by atoms with E-state index in [4.69, 9.17) is 36.6 Å². The summed E-state index contributed by atoms with van der Waals surface area (Å²) in [6, 6.07) is 13.7. The van der Waals surface area contributed by atoms with E-state index >= 15 is 0 Å². The van der Waals surface area contributed by atoms with E-state index in [1.54, 1.807) is 24.3 Å². The smallest absolute Gasteiger partial charge is 0.340 e. The Bertz CT molecular complexity index is 1540. The number of carbonyl (C=O) groups excluding carboxylic acids is 2. The largest absolute Gasteiger partial charge is 0.508 e. The van der Waals surface area contributed by atoms with Crippen LogP contribution in [0, 0.1) is 0 Å². The van der Waals surface area contributed by atoms with Crippen LogP contribution in [0.4, 0.5) is 0 Å². The highest BCUT2D eigenvalue weighted by atomic mass is 31.2. The number of aromatic hydroxyl groups is 2. The first kappa shape index (κ1) is 34.9. The van der Waals surface area contributed by atoms with E-state index in [2.05, 4.69) is 5.32 Å². The third-order valence-corrected chi connectivity index (χ3v) is 9.44. The summed E-state index contributed by atoms with van der Waals surface area (Å²) >= 11 is 0. The molecule has 252 valence electrons. The molecule has 3 aromatic rings. The fourth-order valence-corrected chi connectivity index (χ4v) is 7.02. The maximum atomic E-state index is 13.4. The summed E-state index contributed by atoms with van der Waals surface area (Å²) in [6.07, 6.45) is 0.870. The van der Waals surface area contributed by atoms with Crippen molar-refractivity contribution in [3.63, 3.8) is 0 Å². The highest BCUT2D eigenvalue weighted by Gasteiger charge is 2.53. The lowest BCUT2D eigenvalue weighted by Crippen LogP contribution is -2.35. The number of fused-ring (bicyclic) bond motifs is 6. The molecule has 2 aliphatic rings. The van der Waals surface area contributed by atoms with Crippen molar-refractivity contribution in [1.82, 2.24) is 5.32 Å². The molecular formula is C32H37NO12P2. The van der Waals surface area contributed by atoms with Crippen LogP contribution in [0.15, 0.2) is 54.6 Å². The van der Waals surface area contributed by atoms with Gasteiger partial charge in [0.2, 0.25) is 0 Å². The number of amides is 1. The first-order chi connectivity index (χ1) is 22.7. The number of esters is 1. The SMILES string of the molecule is CCCOP(OC)OCC(CNC(=O)c1ccc2c(c1)C(=O)OC21c2ccc(O)cc2Oc2cc(O)ccc21)OP(OC)OCCC. The van der Waals surface area contributed by atoms with Crippen molar-refractivity contribution in [2.45, 2.75) is 38.4 Å². The molecule has 0 fully saturated rings.